The highest BCUT2D eigenvalue weighted by molar-refractivity contribution is 7.86. The summed E-state index contributed by atoms with van der Waals surface area (Å²) in [6.45, 7) is 3.33. The maximum atomic E-state index is 11.5. The van der Waals surface area contributed by atoms with Crippen LogP contribution in [-0.2, 0) is 28.6 Å². The van der Waals surface area contributed by atoms with Crippen molar-refractivity contribution in [3.8, 4) is 0 Å². The van der Waals surface area contributed by atoms with E-state index in [0.717, 1.165) is 25.5 Å². The van der Waals surface area contributed by atoms with E-state index in [0.29, 0.717) is 6.54 Å². The number of hydrogen-bond donors (Lipinski definition) is 1. The highest BCUT2D eigenvalue weighted by atomic mass is 32.2. The molecule has 1 heterocycles. The van der Waals surface area contributed by atoms with Gasteiger partial charge in [-0.3, -0.25) is 4.79 Å². The second kappa shape index (κ2) is 12.2. The lowest BCUT2D eigenvalue weighted by molar-refractivity contribution is -0.140. The second-order valence-corrected chi connectivity index (χ2v) is 7.89. The van der Waals surface area contributed by atoms with Crippen molar-refractivity contribution in [1.29, 1.82) is 0 Å². The van der Waals surface area contributed by atoms with E-state index in [9.17, 15) is 18.0 Å². The van der Waals surface area contributed by atoms with Gasteiger partial charge in [-0.15, -0.1) is 0 Å². The third kappa shape index (κ3) is 12.8. The number of amides is 1. The van der Waals surface area contributed by atoms with Crippen LogP contribution in [0, 0.1) is 0 Å². The van der Waals surface area contributed by atoms with Crippen molar-refractivity contribution >= 4 is 22.0 Å². The Morgan fingerprint density at radius 3 is 2.36 bits per heavy atom. The van der Waals surface area contributed by atoms with E-state index in [2.05, 4.69) is 14.4 Å². The van der Waals surface area contributed by atoms with Crippen LogP contribution in [0.25, 0.3) is 0 Å². The molecule has 1 fully saturated rings. The summed E-state index contributed by atoms with van der Waals surface area (Å²) in [5.41, 5.74) is 0. The molecule has 0 unspecified atom stereocenters. The van der Waals surface area contributed by atoms with E-state index < -0.39 is 22.7 Å². The Balaban J connectivity index is 1.90. The first kappa shape index (κ1) is 21.9. The number of carbonyl (C=O) groups excluding carboxylic acids is 2. The van der Waals surface area contributed by atoms with Crippen LogP contribution in [0.5, 0.6) is 0 Å². The molecule has 8 nitrogen and oxygen atoms in total. The first-order chi connectivity index (χ1) is 11.9. The first-order valence-corrected chi connectivity index (χ1v) is 10.7. The van der Waals surface area contributed by atoms with Gasteiger partial charge in [-0.05, 0) is 45.3 Å². The maximum Gasteiger partial charge on any atom is 0.347 e. The largest absolute Gasteiger partial charge is 0.360 e. The molecule has 9 heteroatoms. The predicted molar refractivity (Wildman–Crippen MR) is 93.5 cm³/mol. The van der Waals surface area contributed by atoms with Crippen molar-refractivity contribution in [3.05, 3.63) is 0 Å². The zero-order valence-corrected chi connectivity index (χ0v) is 15.8. The molecule has 0 aromatic rings. The molecular formula is C16H30N2O6S. The smallest absolute Gasteiger partial charge is 0.347 e. The van der Waals surface area contributed by atoms with Crippen LogP contribution in [0.1, 0.15) is 44.9 Å². The van der Waals surface area contributed by atoms with Gasteiger partial charge < -0.3 is 19.1 Å². The molecular weight excluding hydrogens is 348 g/mol. The predicted octanol–water partition coefficient (Wildman–Crippen LogP) is 0.668. The summed E-state index contributed by atoms with van der Waals surface area (Å²) in [5, 5.41) is 2.70. The van der Waals surface area contributed by atoms with Gasteiger partial charge in [0, 0.05) is 6.54 Å². The quantitative estimate of drug-likeness (QED) is 0.393. The highest BCUT2D eigenvalue weighted by Gasteiger charge is 2.12. The topological polar surface area (TPSA) is 102 Å². The van der Waals surface area contributed by atoms with Crippen molar-refractivity contribution in [2.75, 3.05) is 45.6 Å². The third-order valence-electron chi connectivity index (χ3n) is 3.87. The Morgan fingerprint density at radius 2 is 1.68 bits per heavy atom. The van der Waals surface area contributed by atoms with Crippen LogP contribution in [0.3, 0.4) is 0 Å². The summed E-state index contributed by atoms with van der Waals surface area (Å²) < 4.78 is 30.3. The van der Waals surface area contributed by atoms with Crippen LogP contribution in [0.2, 0.25) is 0 Å². The molecule has 1 N–H and O–H groups in total. The molecule has 0 aliphatic carbocycles. The molecule has 146 valence electrons. The zero-order valence-electron chi connectivity index (χ0n) is 15.0. The SMILES string of the molecule is CS(=O)(=O)OC(=O)COCC(=O)NCCCCCCN1CCCCC1. The van der Waals surface area contributed by atoms with E-state index in [4.69, 9.17) is 4.74 Å². The Hall–Kier alpha value is -1.19. The lowest BCUT2D eigenvalue weighted by Gasteiger charge is -2.26. The Kier molecular flexibility index (Phi) is 10.7. The molecule has 0 aromatic heterocycles. The van der Waals surface area contributed by atoms with Gasteiger partial charge in [-0.2, -0.15) is 8.42 Å². The van der Waals surface area contributed by atoms with Crippen LogP contribution < -0.4 is 5.32 Å². The Bertz CT molecular complexity index is 503. The van der Waals surface area contributed by atoms with Crippen LogP contribution in [0.4, 0.5) is 0 Å². The number of nitrogens with zero attached hydrogens (tertiary/aromatic N) is 1. The molecule has 0 radical (unpaired) electrons. The molecule has 1 amide bonds. The number of carbonyl (C=O) groups is 2. The molecule has 0 spiro atoms. The molecule has 0 aromatic carbocycles. The fourth-order valence-electron chi connectivity index (χ4n) is 2.70. The number of piperidine rings is 1. The van der Waals surface area contributed by atoms with E-state index in [-0.39, 0.29) is 12.5 Å². The molecule has 0 saturated carbocycles. The number of nitrogens with one attached hydrogen (secondary N) is 1. The van der Waals surface area contributed by atoms with Crippen molar-refractivity contribution in [2.45, 2.75) is 44.9 Å². The van der Waals surface area contributed by atoms with Crippen LogP contribution in [0.15, 0.2) is 0 Å². The summed E-state index contributed by atoms with van der Waals surface area (Å²) in [5.74, 6) is -1.37. The Labute approximate surface area is 150 Å². The van der Waals surface area contributed by atoms with Crippen molar-refractivity contribution < 1.29 is 26.9 Å². The van der Waals surface area contributed by atoms with Gasteiger partial charge in [0.05, 0.1) is 6.26 Å². The number of unbranched alkanes of at least 4 members (excludes halogenated alkanes) is 3. The fourth-order valence-corrected chi connectivity index (χ4v) is 3.08. The minimum atomic E-state index is -3.84. The summed E-state index contributed by atoms with van der Waals surface area (Å²) in [4.78, 5) is 25.1. The van der Waals surface area contributed by atoms with Crippen LogP contribution >= 0.6 is 0 Å². The average molecular weight is 378 g/mol. The van der Waals surface area contributed by atoms with Gasteiger partial charge in [0.1, 0.15) is 13.2 Å². The molecule has 1 aliphatic heterocycles. The van der Waals surface area contributed by atoms with Crippen molar-refractivity contribution in [3.63, 3.8) is 0 Å². The summed E-state index contributed by atoms with van der Waals surface area (Å²) in [6, 6.07) is 0. The van der Waals surface area contributed by atoms with Crippen LogP contribution in [-0.4, -0.2) is 70.8 Å². The van der Waals surface area contributed by atoms with E-state index in [1.54, 1.807) is 0 Å². The summed E-state index contributed by atoms with van der Waals surface area (Å²) >= 11 is 0. The van der Waals surface area contributed by atoms with Gasteiger partial charge in [0.25, 0.3) is 0 Å². The van der Waals surface area contributed by atoms with Gasteiger partial charge in [0.2, 0.25) is 5.91 Å². The monoisotopic (exact) mass is 378 g/mol. The molecule has 0 atom stereocenters. The lowest BCUT2D eigenvalue weighted by Crippen LogP contribution is -2.30. The van der Waals surface area contributed by atoms with Crippen molar-refractivity contribution in [2.24, 2.45) is 0 Å². The second-order valence-electron chi connectivity index (χ2n) is 6.32. The minimum Gasteiger partial charge on any atom is -0.360 e. The number of rotatable bonds is 12. The average Bonchev–Trinajstić information content (AvgIpc) is 2.53. The van der Waals surface area contributed by atoms with Crippen molar-refractivity contribution in [1.82, 2.24) is 10.2 Å². The molecule has 1 saturated heterocycles. The number of ether oxygens (including phenoxy) is 1. The maximum absolute atomic E-state index is 11.5. The zero-order chi connectivity index (χ0) is 18.5. The first-order valence-electron chi connectivity index (χ1n) is 8.86. The van der Waals surface area contributed by atoms with Gasteiger partial charge in [-0.1, -0.05) is 19.3 Å². The highest BCUT2D eigenvalue weighted by Crippen LogP contribution is 2.10. The molecule has 0 bridgehead atoms. The number of likely N-dealkylation sites (tertiary alicyclic amines) is 1. The van der Waals surface area contributed by atoms with E-state index >= 15 is 0 Å². The Morgan fingerprint density at radius 1 is 1.00 bits per heavy atom. The van der Waals surface area contributed by atoms with Gasteiger partial charge in [0.15, 0.2) is 0 Å². The third-order valence-corrected chi connectivity index (χ3v) is 4.36. The van der Waals surface area contributed by atoms with Gasteiger partial charge in [-0.25, -0.2) is 4.79 Å². The molecule has 25 heavy (non-hydrogen) atoms. The minimum absolute atomic E-state index is 0.298. The van der Waals surface area contributed by atoms with E-state index in [1.165, 1.54) is 45.3 Å². The molecule has 1 aliphatic rings. The fraction of sp³-hybridized carbons (Fsp3) is 0.875. The number of hydrogen-bond acceptors (Lipinski definition) is 7. The summed E-state index contributed by atoms with van der Waals surface area (Å²) in [6.07, 6.45) is 9.08. The normalized spacial score (nSPS) is 15.7. The van der Waals surface area contributed by atoms with E-state index in [1.807, 2.05) is 0 Å². The lowest BCUT2D eigenvalue weighted by atomic mass is 10.1. The van der Waals surface area contributed by atoms with Gasteiger partial charge >= 0.3 is 16.1 Å². The standard InChI is InChI=1S/C16H30N2O6S/c1-25(21,22)24-16(20)14-23-13-15(19)17-9-5-2-3-6-10-18-11-7-4-8-12-18/h2-14H2,1H3,(H,17,19). The molecule has 1 rings (SSSR count). The summed E-state index contributed by atoms with van der Waals surface area (Å²) in [7, 11) is -3.84.